The van der Waals surface area contributed by atoms with Crippen LogP contribution < -0.4 is 11.1 Å². The summed E-state index contributed by atoms with van der Waals surface area (Å²) in [6, 6.07) is 0. The zero-order valence-electron chi connectivity index (χ0n) is 9.12. The van der Waals surface area contributed by atoms with E-state index in [1.54, 1.807) is 0 Å². The number of nitrogens with two attached hydrogens (primary N) is 1. The Morgan fingerprint density at radius 2 is 2.13 bits per heavy atom. The second-order valence-corrected chi connectivity index (χ2v) is 5.18. The molecule has 0 aromatic carbocycles. The quantitative estimate of drug-likeness (QED) is 0.826. The summed E-state index contributed by atoms with van der Waals surface area (Å²) >= 11 is 1.41. The molecule has 1 aromatic rings. The van der Waals surface area contributed by atoms with Gasteiger partial charge in [0.25, 0.3) is 0 Å². The third-order valence-corrected chi connectivity index (χ3v) is 3.73. The van der Waals surface area contributed by atoms with Gasteiger partial charge in [0.2, 0.25) is 5.13 Å². The topological polar surface area (TPSA) is 63.8 Å². The third kappa shape index (κ3) is 2.89. The van der Waals surface area contributed by atoms with E-state index in [1.165, 1.54) is 30.8 Å². The number of nitrogens with zero attached hydrogens (tertiary/aromatic N) is 2. The van der Waals surface area contributed by atoms with Gasteiger partial charge in [-0.1, -0.05) is 19.3 Å². The summed E-state index contributed by atoms with van der Waals surface area (Å²) in [6.45, 7) is 2.72. The van der Waals surface area contributed by atoms with E-state index < -0.39 is 0 Å². The van der Waals surface area contributed by atoms with Crippen LogP contribution >= 0.6 is 11.5 Å². The molecule has 1 aliphatic carbocycles. The minimum absolute atomic E-state index is 0.0299. The molecular weight excluding hydrogens is 208 g/mol. The summed E-state index contributed by atoms with van der Waals surface area (Å²) in [6.07, 6.45) is 6.09. The number of aryl methyl sites for hydroxylation is 1. The molecule has 0 aliphatic heterocycles. The molecule has 0 saturated heterocycles. The third-order valence-electron chi connectivity index (χ3n) is 2.97. The molecule has 1 fully saturated rings. The van der Waals surface area contributed by atoms with Crippen molar-refractivity contribution in [1.82, 2.24) is 9.36 Å². The van der Waals surface area contributed by atoms with Crippen molar-refractivity contribution in [3.63, 3.8) is 0 Å². The normalized spacial score (nSPS) is 20.1. The Morgan fingerprint density at radius 1 is 1.40 bits per heavy atom. The summed E-state index contributed by atoms with van der Waals surface area (Å²) < 4.78 is 4.13. The van der Waals surface area contributed by atoms with Gasteiger partial charge >= 0.3 is 0 Å². The van der Waals surface area contributed by atoms with Gasteiger partial charge in [-0.3, -0.25) is 0 Å². The number of anilines is 1. The molecule has 5 heteroatoms. The number of hydrogen-bond acceptors (Lipinski definition) is 5. The van der Waals surface area contributed by atoms with Crippen LogP contribution in [-0.2, 0) is 0 Å². The van der Waals surface area contributed by atoms with E-state index in [-0.39, 0.29) is 5.54 Å². The highest BCUT2D eigenvalue weighted by Gasteiger charge is 2.27. The van der Waals surface area contributed by atoms with Crippen LogP contribution in [0.4, 0.5) is 5.13 Å². The molecule has 0 bridgehead atoms. The number of nitrogens with one attached hydrogen (secondary N) is 1. The predicted octanol–water partition coefficient (Wildman–Crippen LogP) is 1.92. The monoisotopic (exact) mass is 226 g/mol. The van der Waals surface area contributed by atoms with Crippen LogP contribution in [0.15, 0.2) is 0 Å². The van der Waals surface area contributed by atoms with Gasteiger partial charge in [-0.25, -0.2) is 4.98 Å². The van der Waals surface area contributed by atoms with Gasteiger partial charge < -0.3 is 11.1 Å². The smallest absolute Gasteiger partial charge is 0.202 e. The zero-order chi connectivity index (χ0) is 10.7. The first kappa shape index (κ1) is 10.8. The molecule has 15 heavy (non-hydrogen) atoms. The Kier molecular flexibility index (Phi) is 3.21. The molecule has 2 rings (SSSR count). The van der Waals surface area contributed by atoms with Crippen LogP contribution in [-0.4, -0.2) is 21.4 Å². The van der Waals surface area contributed by atoms with Gasteiger partial charge in [-0.2, -0.15) is 4.37 Å². The summed E-state index contributed by atoms with van der Waals surface area (Å²) in [5, 5.41) is 4.19. The van der Waals surface area contributed by atoms with Crippen molar-refractivity contribution in [3.05, 3.63) is 5.82 Å². The van der Waals surface area contributed by atoms with Crippen LogP contribution in [0.3, 0.4) is 0 Å². The number of hydrogen-bond donors (Lipinski definition) is 2. The summed E-state index contributed by atoms with van der Waals surface area (Å²) in [4.78, 5) is 4.27. The average Bonchev–Trinajstić information content (AvgIpc) is 2.63. The molecule has 0 spiro atoms. The molecular formula is C10H18N4S. The van der Waals surface area contributed by atoms with E-state index in [2.05, 4.69) is 14.7 Å². The van der Waals surface area contributed by atoms with Crippen molar-refractivity contribution in [2.45, 2.75) is 44.6 Å². The highest BCUT2D eigenvalue weighted by atomic mass is 32.1. The fourth-order valence-electron chi connectivity index (χ4n) is 2.05. The van der Waals surface area contributed by atoms with E-state index >= 15 is 0 Å². The maximum atomic E-state index is 6.31. The lowest BCUT2D eigenvalue weighted by Gasteiger charge is -2.33. The minimum Gasteiger partial charge on any atom is -0.358 e. The van der Waals surface area contributed by atoms with Crippen molar-refractivity contribution in [3.8, 4) is 0 Å². The first-order valence-electron chi connectivity index (χ1n) is 5.51. The van der Waals surface area contributed by atoms with Gasteiger partial charge in [-0.05, 0) is 19.8 Å². The Hall–Kier alpha value is -0.680. The zero-order valence-corrected chi connectivity index (χ0v) is 9.94. The van der Waals surface area contributed by atoms with Gasteiger partial charge in [0.05, 0.1) is 0 Å². The van der Waals surface area contributed by atoms with Crippen molar-refractivity contribution in [1.29, 1.82) is 0 Å². The first-order chi connectivity index (χ1) is 7.18. The fourth-order valence-corrected chi connectivity index (χ4v) is 2.62. The standard InChI is InChI=1S/C10H18N4S/c1-8-13-9(15-14-8)12-7-10(11)5-3-2-4-6-10/h2-7,11H2,1H3,(H,12,13,14). The van der Waals surface area contributed by atoms with E-state index in [0.717, 1.165) is 30.3 Å². The summed E-state index contributed by atoms with van der Waals surface area (Å²) in [5.41, 5.74) is 6.28. The number of rotatable bonds is 3. The summed E-state index contributed by atoms with van der Waals surface area (Å²) in [5.74, 6) is 0.831. The largest absolute Gasteiger partial charge is 0.358 e. The van der Waals surface area contributed by atoms with E-state index in [9.17, 15) is 0 Å². The molecule has 1 aliphatic rings. The number of aromatic nitrogens is 2. The molecule has 3 N–H and O–H groups in total. The second kappa shape index (κ2) is 4.45. The van der Waals surface area contributed by atoms with E-state index in [0.29, 0.717) is 0 Å². The predicted molar refractivity (Wildman–Crippen MR) is 63.1 cm³/mol. The minimum atomic E-state index is -0.0299. The molecule has 0 radical (unpaired) electrons. The highest BCUT2D eigenvalue weighted by Crippen LogP contribution is 2.26. The SMILES string of the molecule is Cc1nsc(NCC2(N)CCCCC2)n1. The lowest BCUT2D eigenvalue weighted by molar-refractivity contribution is 0.311. The Bertz CT molecular complexity index is 317. The van der Waals surface area contributed by atoms with E-state index in [4.69, 9.17) is 5.73 Å². The molecule has 84 valence electrons. The molecule has 1 saturated carbocycles. The first-order valence-corrected chi connectivity index (χ1v) is 6.28. The molecule has 1 heterocycles. The maximum Gasteiger partial charge on any atom is 0.202 e. The molecule has 0 amide bonds. The lowest BCUT2D eigenvalue weighted by Crippen LogP contribution is -2.47. The van der Waals surface area contributed by atoms with Crippen molar-refractivity contribution < 1.29 is 0 Å². The van der Waals surface area contributed by atoms with Crippen LogP contribution in [0.1, 0.15) is 37.9 Å². The lowest BCUT2D eigenvalue weighted by atomic mass is 9.82. The molecule has 1 aromatic heterocycles. The van der Waals surface area contributed by atoms with Gasteiger partial charge in [0.15, 0.2) is 0 Å². The maximum absolute atomic E-state index is 6.31. The van der Waals surface area contributed by atoms with Crippen molar-refractivity contribution in [2.24, 2.45) is 5.73 Å². The Labute approximate surface area is 94.5 Å². The Morgan fingerprint density at radius 3 is 2.73 bits per heavy atom. The Balaban J connectivity index is 1.86. The van der Waals surface area contributed by atoms with Crippen LogP contribution in [0.2, 0.25) is 0 Å². The second-order valence-electron chi connectivity index (χ2n) is 4.42. The van der Waals surface area contributed by atoms with Gasteiger partial charge in [-0.15, -0.1) is 0 Å². The molecule has 0 atom stereocenters. The molecule has 4 nitrogen and oxygen atoms in total. The van der Waals surface area contributed by atoms with Gasteiger partial charge in [0.1, 0.15) is 5.82 Å². The van der Waals surface area contributed by atoms with Crippen molar-refractivity contribution in [2.75, 3.05) is 11.9 Å². The van der Waals surface area contributed by atoms with E-state index in [1.807, 2.05) is 6.92 Å². The van der Waals surface area contributed by atoms with Crippen LogP contribution in [0, 0.1) is 6.92 Å². The highest BCUT2D eigenvalue weighted by molar-refractivity contribution is 7.09. The summed E-state index contributed by atoms with van der Waals surface area (Å²) in [7, 11) is 0. The average molecular weight is 226 g/mol. The van der Waals surface area contributed by atoms with Crippen molar-refractivity contribution >= 4 is 16.7 Å². The van der Waals surface area contributed by atoms with Crippen LogP contribution in [0.25, 0.3) is 0 Å². The van der Waals surface area contributed by atoms with Gasteiger partial charge in [0, 0.05) is 23.6 Å². The van der Waals surface area contributed by atoms with Crippen LogP contribution in [0.5, 0.6) is 0 Å². The molecule has 0 unspecified atom stereocenters. The fraction of sp³-hybridized carbons (Fsp3) is 0.800.